The van der Waals surface area contributed by atoms with E-state index in [2.05, 4.69) is 93.3 Å². The van der Waals surface area contributed by atoms with Gasteiger partial charge in [0.15, 0.2) is 0 Å². The second-order valence-corrected chi connectivity index (χ2v) is 10.0. The molecule has 34 heavy (non-hydrogen) atoms. The van der Waals surface area contributed by atoms with E-state index >= 15 is 0 Å². The molecule has 1 saturated heterocycles. The van der Waals surface area contributed by atoms with Crippen molar-refractivity contribution in [1.82, 2.24) is 4.90 Å². The van der Waals surface area contributed by atoms with Crippen LogP contribution in [0, 0.1) is 13.8 Å². The van der Waals surface area contributed by atoms with E-state index in [4.69, 9.17) is 10.5 Å². The van der Waals surface area contributed by atoms with Crippen LogP contribution in [0.2, 0.25) is 0 Å². The number of benzene rings is 3. The third kappa shape index (κ3) is 5.21. The summed E-state index contributed by atoms with van der Waals surface area (Å²) in [5.41, 5.74) is 14.7. The summed E-state index contributed by atoms with van der Waals surface area (Å²) in [6, 6.07) is 23.1. The minimum Gasteiger partial charge on any atom is -0.493 e. The summed E-state index contributed by atoms with van der Waals surface area (Å²) in [6.07, 6.45) is 3.69. The number of nitrogens with two attached hydrogens (primary N) is 1. The molecule has 3 nitrogen and oxygen atoms in total. The number of rotatable bonds is 8. The molecule has 0 radical (unpaired) electrons. The Hall–Kier alpha value is -2.62. The van der Waals surface area contributed by atoms with E-state index in [0.29, 0.717) is 12.1 Å². The molecule has 0 spiro atoms. The van der Waals surface area contributed by atoms with E-state index < -0.39 is 0 Å². The first kappa shape index (κ1) is 24.5. The molecular weight excluding hydrogens is 416 g/mol. The van der Waals surface area contributed by atoms with Gasteiger partial charge in [-0.05, 0) is 98.9 Å². The lowest BCUT2D eigenvalue weighted by atomic mass is 9.90. The average Bonchev–Trinajstić information content (AvgIpc) is 3.15. The molecular formula is C31H40N2O. The largest absolute Gasteiger partial charge is 0.493 e. The number of hydrogen-bond acceptors (Lipinski definition) is 3. The topological polar surface area (TPSA) is 38.5 Å². The van der Waals surface area contributed by atoms with E-state index in [0.717, 1.165) is 30.9 Å². The normalized spacial score (nSPS) is 19.4. The van der Waals surface area contributed by atoms with Crippen molar-refractivity contribution in [3.8, 4) is 28.0 Å². The predicted molar refractivity (Wildman–Crippen MR) is 144 cm³/mol. The fourth-order valence-corrected chi connectivity index (χ4v) is 5.39. The zero-order valence-electron chi connectivity index (χ0n) is 21.5. The van der Waals surface area contributed by atoms with Gasteiger partial charge < -0.3 is 10.5 Å². The summed E-state index contributed by atoms with van der Waals surface area (Å²) in [5, 5.41) is 0. The SMILES string of the molecule is Cc1c(OCCCN2[C@H](C)CC[C@H]2C)cccc1-c1cccc(-c2ccc([C@H](C)N)cc2)c1C. The maximum Gasteiger partial charge on any atom is 0.122 e. The van der Waals surface area contributed by atoms with E-state index in [1.54, 1.807) is 0 Å². The molecule has 1 heterocycles. The molecule has 3 heteroatoms. The van der Waals surface area contributed by atoms with Gasteiger partial charge in [0.1, 0.15) is 5.75 Å². The van der Waals surface area contributed by atoms with Gasteiger partial charge in [-0.2, -0.15) is 0 Å². The molecule has 0 aromatic heterocycles. The molecule has 1 aliphatic rings. The number of hydrogen-bond donors (Lipinski definition) is 1. The molecule has 4 rings (SSSR count). The van der Waals surface area contributed by atoms with Gasteiger partial charge in [-0.25, -0.2) is 0 Å². The van der Waals surface area contributed by atoms with Gasteiger partial charge in [-0.15, -0.1) is 0 Å². The smallest absolute Gasteiger partial charge is 0.122 e. The maximum atomic E-state index is 6.28. The van der Waals surface area contributed by atoms with Crippen LogP contribution in [0.25, 0.3) is 22.3 Å². The summed E-state index contributed by atoms with van der Waals surface area (Å²) < 4.78 is 6.28. The molecule has 0 amide bonds. The second kappa shape index (κ2) is 10.8. The fraction of sp³-hybridized carbons (Fsp3) is 0.419. The van der Waals surface area contributed by atoms with Crippen LogP contribution in [0.15, 0.2) is 60.7 Å². The molecule has 0 unspecified atom stereocenters. The van der Waals surface area contributed by atoms with Crippen molar-refractivity contribution in [3.63, 3.8) is 0 Å². The van der Waals surface area contributed by atoms with Crippen molar-refractivity contribution in [2.24, 2.45) is 5.73 Å². The molecule has 2 N–H and O–H groups in total. The predicted octanol–water partition coefficient (Wildman–Crippen LogP) is 7.30. The molecule has 0 bridgehead atoms. The Morgan fingerprint density at radius 1 is 0.853 bits per heavy atom. The van der Waals surface area contributed by atoms with E-state index in [1.807, 2.05) is 6.92 Å². The van der Waals surface area contributed by atoms with Crippen LogP contribution in [-0.4, -0.2) is 30.1 Å². The Morgan fingerprint density at radius 2 is 1.44 bits per heavy atom. The first-order valence-corrected chi connectivity index (χ1v) is 12.8. The third-order valence-corrected chi connectivity index (χ3v) is 7.61. The van der Waals surface area contributed by atoms with Crippen molar-refractivity contribution in [2.75, 3.05) is 13.2 Å². The average molecular weight is 457 g/mol. The standard InChI is InChI=1S/C31H40N2O/c1-21-13-14-22(2)33(21)19-8-20-34-31-12-7-11-30(24(31)4)29-10-6-9-28(23(29)3)27-17-15-26(16-18-27)25(5)32/h6-7,9-12,15-18,21-22,25H,8,13-14,19-20,32H2,1-5H3/t21-,22-,25+/m1/s1. The van der Waals surface area contributed by atoms with Crippen LogP contribution >= 0.6 is 0 Å². The van der Waals surface area contributed by atoms with Gasteiger partial charge in [0, 0.05) is 24.7 Å². The van der Waals surface area contributed by atoms with Gasteiger partial charge in [0.05, 0.1) is 6.61 Å². The molecule has 1 aliphatic heterocycles. The lowest BCUT2D eigenvalue weighted by Gasteiger charge is -2.25. The van der Waals surface area contributed by atoms with Crippen LogP contribution in [0.5, 0.6) is 5.75 Å². The Kier molecular flexibility index (Phi) is 7.75. The van der Waals surface area contributed by atoms with Crippen molar-refractivity contribution in [1.29, 1.82) is 0 Å². The zero-order chi connectivity index (χ0) is 24.2. The quantitative estimate of drug-likeness (QED) is 0.361. The van der Waals surface area contributed by atoms with Gasteiger partial charge in [0.2, 0.25) is 0 Å². The van der Waals surface area contributed by atoms with Crippen molar-refractivity contribution in [3.05, 3.63) is 77.4 Å². The molecule has 180 valence electrons. The van der Waals surface area contributed by atoms with Crippen molar-refractivity contribution < 1.29 is 4.74 Å². The summed E-state index contributed by atoms with van der Waals surface area (Å²) in [7, 11) is 0. The van der Waals surface area contributed by atoms with E-state index in [1.165, 1.54) is 46.2 Å². The summed E-state index contributed by atoms with van der Waals surface area (Å²) >= 11 is 0. The first-order chi connectivity index (χ1) is 16.4. The third-order valence-electron chi connectivity index (χ3n) is 7.61. The van der Waals surface area contributed by atoms with Gasteiger partial charge >= 0.3 is 0 Å². The lowest BCUT2D eigenvalue weighted by Crippen LogP contribution is -2.34. The summed E-state index contributed by atoms with van der Waals surface area (Å²) in [6.45, 7) is 13.0. The monoisotopic (exact) mass is 456 g/mol. The molecule has 3 aromatic carbocycles. The molecule has 1 fully saturated rings. The van der Waals surface area contributed by atoms with Crippen LogP contribution in [0.4, 0.5) is 0 Å². The number of nitrogens with zero attached hydrogens (tertiary/aromatic N) is 1. The van der Waals surface area contributed by atoms with E-state index in [-0.39, 0.29) is 6.04 Å². The van der Waals surface area contributed by atoms with Gasteiger partial charge in [0.25, 0.3) is 0 Å². The van der Waals surface area contributed by atoms with E-state index in [9.17, 15) is 0 Å². The highest BCUT2D eigenvalue weighted by atomic mass is 16.5. The van der Waals surface area contributed by atoms with Crippen LogP contribution in [0.1, 0.15) is 62.8 Å². The zero-order valence-corrected chi connectivity index (χ0v) is 21.5. The van der Waals surface area contributed by atoms with Crippen molar-refractivity contribution in [2.45, 2.75) is 72.0 Å². The molecule has 3 aromatic rings. The van der Waals surface area contributed by atoms with Crippen LogP contribution in [-0.2, 0) is 0 Å². The molecule has 0 saturated carbocycles. The van der Waals surface area contributed by atoms with Gasteiger partial charge in [-0.3, -0.25) is 4.90 Å². The maximum absolute atomic E-state index is 6.28. The first-order valence-electron chi connectivity index (χ1n) is 12.8. The second-order valence-electron chi connectivity index (χ2n) is 10.0. The van der Waals surface area contributed by atoms with Crippen molar-refractivity contribution >= 4 is 0 Å². The Bertz CT molecular complexity index is 1090. The summed E-state index contributed by atoms with van der Waals surface area (Å²) in [4.78, 5) is 2.63. The highest BCUT2D eigenvalue weighted by molar-refractivity contribution is 5.80. The summed E-state index contributed by atoms with van der Waals surface area (Å²) in [5.74, 6) is 0.992. The highest BCUT2D eigenvalue weighted by Crippen LogP contribution is 2.36. The Labute approximate surface area is 205 Å². The Morgan fingerprint density at radius 3 is 2.09 bits per heavy atom. The lowest BCUT2D eigenvalue weighted by molar-refractivity contribution is 0.191. The van der Waals surface area contributed by atoms with Gasteiger partial charge in [-0.1, -0.05) is 54.6 Å². The highest BCUT2D eigenvalue weighted by Gasteiger charge is 2.26. The molecule has 3 atom stereocenters. The number of ether oxygens (including phenoxy) is 1. The minimum absolute atomic E-state index is 0.0500. The number of likely N-dealkylation sites (tertiary alicyclic amines) is 1. The fourth-order valence-electron chi connectivity index (χ4n) is 5.39. The molecule has 0 aliphatic carbocycles. The van der Waals surface area contributed by atoms with Crippen LogP contribution < -0.4 is 10.5 Å². The van der Waals surface area contributed by atoms with Crippen LogP contribution in [0.3, 0.4) is 0 Å². The minimum atomic E-state index is 0.0500. The Balaban J connectivity index is 1.50.